The van der Waals surface area contributed by atoms with E-state index in [1.165, 1.54) is 33.5 Å². The highest BCUT2D eigenvalue weighted by Gasteiger charge is 2.53. The fourth-order valence-electron chi connectivity index (χ4n) is 6.05. The second-order valence-electron chi connectivity index (χ2n) is 10.0. The number of hydrogen-bond acceptors (Lipinski definition) is 8. The molecule has 0 saturated carbocycles. The number of halogens is 2. The van der Waals surface area contributed by atoms with E-state index in [2.05, 4.69) is 6.58 Å². The summed E-state index contributed by atoms with van der Waals surface area (Å²) in [6, 6.07) is 10.7. The molecular weight excluding hydrogens is 538 g/mol. The SMILES string of the molecule is C=C(COC1c2cc3c(cc2[C@@H](c2cc(OC)c(OC)c(OC)c2)[C@H]2C(=O)OC[C@H]12)OCO3)c1ccc(F)cc1F. The van der Waals surface area contributed by atoms with Crippen LogP contribution >= 0.6 is 0 Å². The lowest BCUT2D eigenvalue weighted by atomic mass is 9.66. The van der Waals surface area contributed by atoms with Crippen LogP contribution in [-0.2, 0) is 14.3 Å². The first kappa shape index (κ1) is 26.9. The maximum atomic E-state index is 14.5. The molecule has 3 aliphatic rings. The summed E-state index contributed by atoms with van der Waals surface area (Å²) < 4.78 is 68.0. The Morgan fingerprint density at radius 3 is 2.24 bits per heavy atom. The Hall–Kier alpha value is -4.31. The van der Waals surface area contributed by atoms with Crippen molar-refractivity contribution in [1.82, 2.24) is 0 Å². The van der Waals surface area contributed by atoms with Crippen molar-refractivity contribution in [2.24, 2.45) is 11.8 Å². The predicted octanol–water partition coefficient (Wildman–Crippen LogP) is 5.43. The highest BCUT2D eigenvalue weighted by molar-refractivity contribution is 5.79. The molecule has 0 radical (unpaired) electrons. The van der Waals surface area contributed by atoms with E-state index in [0.29, 0.717) is 34.3 Å². The predicted molar refractivity (Wildman–Crippen MR) is 143 cm³/mol. The van der Waals surface area contributed by atoms with Gasteiger partial charge in [0.15, 0.2) is 23.0 Å². The van der Waals surface area contributed by atoms with Gasteiger partial charge in [0, 0.05) is 23.5 Å². The number of carbonyl (C=O) groups excluding carboxylic acids is 1. The van der Waals surface area contributed by atoms with Crippen LogP contribution in [0.15, 0.2) is 49.0 Å². The first-order valence-corrected chi connectivity index (χ1v) is 13.0. The summed E-state index contributed by atoms with van der Waals surface area (Å²) in [7, 11) is 4.58. The van der Waals surface area contributed by atoms with Crippen LogP contribution in [0.1, 0.15) is 34.3 Å². The maximum Gasteiger partial charge on any atom is 0.310 e. The molecule has 0 aromatic heterocycles. The largest absolute Gasteiger partial charge is 0.493 e. The molecule has 6 rings (SSSR count). The number of carbonyl (C=O) groups is 1. The van der Waals surface area contributed by atoms with Crippen LogP contribution in [0.25, 0.3) is 5.57 Å². The Morgan fingerprint density at radius 1 is 0.927 bits per heavy atom. The van der Waals surface area contributed by atoms with Crippen LogP contribution in [0.3, 0.4) is 0 Å². The molecule has 1 unspecified atom stereocenters. The average Bonchev–Trinajstić information content (AvgIpc) is 3.59. The van der Waals surface area contributed by atoms with E-state index in [-0.39, 0.29) is 37.5 Å². The van der Waals surface area contributed by atoms with Gasteiger partial charge >= 0.3 is 5.97 Å². The van der Waals surface area contributed by atoms with Gasteiger partial charge in [-0.05, 0) is 58.7 Å². The number of benzene rings is 3. The topological polar surface area (TPSA) is 81.7 Å². The molecule has 3 aromatic rings. The van der Waals surface area contributed by atoms with Crippen LogP contribution in [0.5, 0.6) is 28.7 Å². The number of ether oxygens (including phenoxy) is 7. The zero-order valence-electron chi connectivity index (χ0n) is 22.7. The second kappa shape index (κ2) is 10.6. The standard InChI is InChI=1S/C31H28F2O8/c1-15(18-6-5-17(32)9-22(18)33)12-38-29-20-11-24-23(40-14-41-24)10-19(20)27(28-21(29)13-39-31(28)34)16-7-25(35-2)30(37-4)26(8-16)36-3/h5-11,21,27-29H,1,12-14H2,2-4H3/t21-,27+,28-,29?/m0/s1. The highest BCUT2D eigenvalue weighted by Crippen LogP contribution is 2.56. The van der Waals surface area contributed by atoms with Gasteiger partial charge in [0.05, 0.1) is 46.6 Å². The third-order valence-electron chi connectivity index (χ3n) is 7.91. The van der Waals surface area contributed by atoms with Crippen molar-refractivity contribution in [2.75, 3.05) is 41.3 Å². The monoisotopic (exact) mass is 566 g/mol. The van der Waals surface area contributed by atoms with Gasteiger partial charge in [-0.3, -0.25) is 4.79 Å². The summed E-state index contributed by atoms with van der Waals surface area (Å²) in [5, 5.41) is 0. The molecule has 0 amide bonds. The van der Waals surface area contributed by atoms with Crippen LogP contribution in [0.2, 0.25) is 0 Å². The first-order valence-electron chi connectivity index (χ1n) is 13.0. The Bertz CT molecular complexity index is 1510. The summed E-state index contributed by atoms with van der Waals surface area (Å²) in [6.07, 6.45) is -0.616. The molecular formula is C31H28F2O8. The van der Waals surface area contributed by atoms with Gasteiger partial charge in [-0.2, -0.15) is 0 Å². The summed E-state index contributed by atoms with van der Waals surface area (Å²) in [6.45, 7) is 4.09. The van der Waals surface area contributed by atoms with Crippen molar-refractivity contribution in [1.29, 1.82) is 0 Å². The second-order valence-corrected chi connectivity index (χ2v) is 10.0. The lowest BCUT2D eigenvalue weighted by molar-refractivity contribution is -0.141. The Morgan fingerprint density at radius 2 is 1.61 bits per heavy atom. The maximum absolute atomic E-state index is 14.5. The Kier molecular flexibility index (Phi) is 6.94. The minimum atomic E-state index is -0.731. The van der Waals surface area contributed by atoms with Crippen molar-refractivity contribution in [3.63, 3.8) is 0 Å². The summed E-state index contributed by atoms with van der Waals surface area (Å²) >= 11 is 0. The third-order valence-corrected chi connectivity index (χ3v) is 7.91. The van der Waals surface area contributed by atoms with Crippen molar-refractivity contribution >= 4 is 11.5 Å². The van der Waals surface area contributed by atoms with Gasteiger partial charge in [0.2, 0.25) is 12.5 Å². The molecule has 1 fully saturated rings. The van der Waals surface area contributed by atoms with Crippen molar-refractivity contribution in [2.45, 2.75) is 12.0 Å². The number of esters is 1. The molecule has 0 spiro atoms. The van der Waals surface area contributed by atoms with E-state index >= 15 is 0 Å². The fourth-order valence-corrected chi connectivity index (χ4v) is 6.05. The van der Waals surface area contributed by atoms with E-state index in [4.69, 9.17) is 33.2 Å². The van der Waals surface area contributed by atoms with Crippen molar-refractivity contribution in [3.8, 4) is 28.7 Å². The summed E-state index contributed by atoms with van der Waals surface area (Å²) in [4.78, 5) is 13.3. The van der Waals surface area contributed by atoms with E-state index in [1.54, 1.807) is 0 Å². The zero-order valence-corrected chi connectivity index (χ0v) is 22.7. The van der Waals surface area contributed by atoms with E-state index in [0.717, 1.165) is 22.8 Å². The smallest absolute Gasteiger partial charge is 0.310 e. The quantitative estimate of drug-likeness (QED) is 0.334. The molecule has 0 bridgehead atoms. The molecule has 10 heteroatoms. The lowest BCUT2D eigenvalue weighted by Crippen LogP contribution is -2.36. The number of rotatable bonds is 8. The van der Waals surface area contributed by atoms with Gasteiger partial charge in [-0.25, -0.2) is 8.78 Å². The Balaban J connectivity index is 1.45. The number of fused-ring (bicyclic) bond motifs is 3. The van der Waals surface area contributed by atoms with Gasteiger partial charge in [-0.15, -0.1) is 0 Å². The summed E-state index contributed by atoms with van der Waals surface area (Å²) in [5.41, 5.74) is 2.80. The van der Waals surface area contributed by atoms with Gasteiger partial charge in [-0.1, -0.05) is 6.58 Å². The minimum Gasteiger partial charge on any atom is -0.493 e. The van der Waals surface area contributed by atoms with Crippen LogP contribution in [0.4, 0.5) is 8.78 Å². The van der Waals surface area contributed by atoms with E-state index < -0.39 is 29.6 Å². The molecule has 0 N–H and O–H groups in total. The van der Waals surface area contributed by atoms with Gasteiger partial charge < -0.3 is 33.2 Å². The molecule has 41 heavy (non-hydrogen) atoms. The van der Waals surface area contributed by atoms with Crippen LogP contribution in [0, 0.1) is 23.5 Å². The molecule has 1 aliphatic carbocycles. The molecule has 8 nitrogen and oxygen atoms in total. The van der Waals surface area contributed by atoms with Crippen molar-refractivity contribution < 1.29 is 46.7 Å². The van der Waals surface area contributed by atoms with Crippen LogP contribution in [-0.4, -0.2) is 47.3 Å². The molecule has 1 saturated heterocycles. The van der Waals surface area contributed by atoms with Gasteiger partial charge in [0.25, 0.3) is 0 Å². The van der Waals surface area contributed by atoms with Crippen LogP contribution < -0.4 is 23.7 Å². The molecule has 2 aliphatic heterocycles. The molecule has 2 heterocycles. The van der Waals surface area contributed by atoms with Gasteiger partial charge in [0.1, 0.15) is 11.6 Å². The van der Waals surface area contributed by atoms with E-state index in [1.807, 2.05) is 24.3 Å². The normalized spacial score (nSPS) is 22.0. The summed E-state index contributed by atoms with van der Waals surface area (Å²) in [5.74, 6) is -0.831. The zero-order chi connectivity index (χ0) is 28.8. The third kappa shape index (κ3) is 4.52. The number of cyclic esters (lactones) is 1. The minimum absolute atomic E-state index is 0.0621. The van der Waals surface area contributed by atoms with Crippen molar-refractivity contribution in [3.05, 3.63) is 82.9 Å². The fraction of sp³-hybridized carbons (Fsp3) is 0.323. The molecule has 214 valence electrons. The molecule has 3 aromatic carbocycles. The first-order chi connectivity index (χ1) is 19.8. The number of methoxy groups -OCH3 is 3. The molecule has 4 atom stereocenters. The number of hydrogen-bond donors (Lipinski definition) is 0. The Labute approximate surface area is 235 Å². The van der Waals surface area contributed by atoms with E-state index in [9.17, 15) is 13.6 Å². The average molecular weight is 567 g/mol. The highest BCUT2D eigenvalue weighted by atomic mass is 19.1. The lowest BCUT2D eigenvalue weighted by Gasteiger charge is -2.39.